The molecule has 0 aliphatic heterocycles. The highest BCUT2D eigenvalue weighted by molar-refractivity contribution is 5.66. The maximum Gasteiger partial charge on any atom is 0.303 e. The Morgan fingerprint density at radius 2 is 1.92 bits per heavy atom. The quantitative estimate of drug-likeness (QED) is 0.760. The molecule has 0 spiro atoms. The minimum atomic E-state index is -0.971. The molecule has 1 atom stereocenters. The van der Waals surface area contributed by atoms with Gasteiger partial charge in [0.1, 0.15) is 30.8 Å². The van der Waals surface area contributed by atoms with Crippen molar-refractivity contribution in [1.29, 1.82) is 0 Å². The van der Waals surface area contributed by atoms with Gasteiger partial charge in [0, 0.05) is 12.3 Å². The highest BCUT2D eigenvalue weighted by Crippen LogP contribution is 2.36. The molecule has 0 saturated heterocycles. The summed E-state index contributed by atoms with van der Waals surface area (Å²) in [6.45, 7) is 7.63. The minimum absolute atomic E-state index is 0.0988. The van der Waals surface area contributed by atoms with Gasteiger partial charge in [-0.1, -0.05) is 20.8 Å². The fourth-order valence-corrected chi connectivity index (χ4v) is 2.30. The fourth-order valence-electron chi connectivity index (χ4n) is 2.30. The molecule has 2 aromatic rings. The van der Waals surface area contributed by atoms with Crippen molar-refractivity contribution in [3.63, 3.8) is 0 Å². The van der Waals surface area contributed by atoms with Gasteiger partial charge in [0.15, 0.2) is 5.60 Å². The lowest BCUT2D eigenvalue weighted by atomic mass is 9.76. The number of benzene rings is 1. The van der Waals surface area contributed by atoms with Gasteiger partial charge in [-0.2, -0.15) is 5.10 Å². The van der Waals surface area contributed by atoms with Crippen molar-refractivity contribution in [2.45, 2.75) is 39.8 Å². The average Bonchev–Trinajstić information content (AvgIpc) is 2.97. The van der Waals surface area contributed by atoms with Crippen LogP contribution in [0.25, 0.3) is 0 Å². The zero-order chi connectivity index (χ0) is 17.8. The van der Waals surface area contributed by atoms with Gasteiger partial charge in [-0.3, -0.25) is 4.79 Å². The van der Waals surface area contributed by atoms with Crippen molar-refractivity contribution < 1.29 is 18.7 Å². The van der Waals surface area contributed by atoms with E-state index in [1.807, 2.05) is 20.8 Å². The van der Waals surface area contributed by atoms with E-state index in [2.05, 4.69) is 10.1 Å². The summed E-state index contributed by atoms with van der Waals surface area (Å²) in [4.78, 5) is 15.6. The number of hydrogen-bond donors (Lipinski definition) is 0. The zero-order valence-electron chi connectivity index (χ0n) is 14.3. The molecule has 0 radical (unpaired) electrons. The standard InChI is InChI=1S/C17H22FN3O3/c1-13(22)24-17(16(2,3)4,9-21-12-19-11-20-21)10-23-15-7-5-14(18)6-8-15/h5-8,11-12H,9-10H2,1-4H3. The number of esters is 1. The van der Waals surface area contributed by atoms with E-state index in [0.29, 0.717) is 5.75 Å². The lowest BCUT2D eigenvalue weighted by molar-refractivity contribution is -0.180. The Labute approximate surface area is 140 Å². The van der Waals surface area contributed by atoms with Gasteiger partial charge in [0.05, 0.1) is 6.54 Å². The molecule has 6 nitrogen and oxygen atoms in total. The maximum atomic E-state index is 13.0. The van der Waals surface area contributed by atoms with E-state index in [-0.39, 0.29) is 19.0 Å². The number of ether oxygens (including phenoxy) is 2. The Bertz CT molecular complexity index is 665. The molecule has 0 amide bonds. The number of aromatic nitrogens is 3. The molecular formula is C17H22FN3O3. The van der Waals surface area contributed by atoms with Crippen molar-refractivity contribution in [3.05, 3.63) is 42.7 Å². The second-order valence-electron chi connectivity index (χ2n) is 6.67. The van der Waals surface area contributed by atoms with Crippen LogP contribution in [-0.2, 0) is 16.1 Å². The SMILES string of the molecule is CC(=O)OC(COc1ccc(F)cc1)(Cn1cncn1)C(C)(C)C. The van der Waals surface area contributed by atoms with Crippen LogP contribution < -0.4 is 4.74 Å². The molecular weight excluding hydrogens is 313 g/mol. The predicted molar refractivity (Wildman–Crippen MR) is 85.9 cm³/mol. The molecule has 1 aromatic heterocycles. The van der Waals surface area contributed by atoms with Crippen LogP contribution in [0.2, 0.25) is 0 Å². The van der Waals surface area contributed by atoms with Crippen LogP contribution in [0.1, 0.15) is 27.7 Å². The lowest BCUT2D eigenvalue weighted by Crippen LogP contribution is -2.54. The summed E-state index contributed by atoms with van der Waals surface area (Å²) in [5, 5.41) is 4.10. The first-order valence-corrected chi connectivity index (χ1v) is 7.62. The molecule has 24 heavy (non-hydrogen) atoms. The van der Waals surface area contributed by atoms with Gasteiger partial charge in [-0.15, -0.1) is 0 Å². The molecule has 0 fully saturated rings. The Hall–Kier alpha value is -2.44. The van der Waals surface area contributed by atoms with Gasteiger partial charge in [-0.05, 0) is 24.3 Å². The summed E-state index contributed by atoms with van der Waals surface area (Å²) < 4.78 is 26.1. The minimum Gasteiger partial charge on any atom is -0.489 e. The van der Waals surface area contributed by atoms with Crippen molar-refractivity contribution in [3.8, 4) is 5.75 Å². The summed E-state index contributed by atoms with van der Waals surface area (Å²) in [6, 6.07) is 5.70. The van der Waals surface area contributed by atoms with Crippen LogP contribution in [-0.4, -0.2) is 32.9 Å². The summed E-state index contributed by atoms with van der Waals surface area (Å²) in [5.74, 6) is -0.254. The van der Waals surface area contributed by atoms with Crippen molar-refractivity contribution in [1.82, 2.24) is 14.8 Å². The fraction of sp³-hybridized carbons (Fsp3) is 0.471. The van der Waals surface area contributed by atoms with Gasteiger partial charge in [-0.25, -0.2) is 14.1 Å². The zero-order valence-corrected chi connectivity index (χ0v) is 14.3. The van der Waals surface area contributed by atoms with E-state index in [4.69, 9.17) is 9.47 Å². The second kappa shape index (κ2) is 6.98. The van der Waals surface area contributed by atoms with Crippen molar-refractivity contribution in [2.75, 3.05) is 6.61 Å². The molecule has 1 unspecified atom stereocenters. The highest BCUT2D eigenvalue weighted by Gasteiger charge is 2.47. The third-order valence-corrected chi connectivity index (χ3v) is 3.88. The van der Waals surface area contributed by atoms with Crippen molar-refractivity contribution >= 4 is 5.97 Å². The number of carbonyl (C=O) groups is 1. The topological polar surface area (TPSA) is 66.2 Å². The largest absolute Gasteiger partial charge is 0.489 e. The number of nitrogens with zero attached hydrogens (tertiary/aromatic N) is 3. The van der Waals surface area contributed by atoms with E-state index in [0.717, 1.165) is 0 Å². The molecule has 0 bridgehead atoms. The number of carbonyl (C=O) groups excluding carboxylic acids is 1. The van der Waals surface area contributed by atoms with E-state index < -0.39 is 17.0 Å². The predicted octanol–water partition coefficient (Wildman–Crippen LogP) is 2.84. The molecule has 0 aliphatic rings. The Morgan fingerprint density at radius 1 is 1.25 bits per heavy atom. The van der Waals surface area contributed by atoms with E-state index >= 15 is 0 Å². The smallest absolute Gasteiger partial charge is 0.303 e. The third kappa shape index (κ3) is 4.31. The van der Waals surface area contributed by atoms with E-state index in [9.17, 15) is 9.18 Å². The van der Waals surface area contributed by atoms with Crippen LogP contribution >= 0.6 is 0 Å². The Kier molecular flexibility index (Phi) is 5.21. The van der Waals surface area contributed by atoms with Crippen LogP contribution in [0.3, 0.4) is 0 Å². The first-order valence-electron chi connectivity index (χ1n) is 7.62. The molecule has 2 rings (SSSR count). The molecule has 0 aliphatic carbocycles. The molecule has 7 heteroatoms. The average molecular weight is 335 g/mol. The molecule has 0 N–H and O–H groups in total. The van der Waals surface area contributed by atoms with Crippen LogP contribution in [0.15, 0.2) is 36.9 Å². The lowest BCUT2D eigenvalue weighted by Gasteiger charge is -2.43. The Morgan fingerprint density at radius 3 is 2.42 bits per heavy atom. The maximum absolute atomic E-state index is 13.0. The van der Waals surface area contributed by atoms with Crippen LogP contribution in [0, 0.1) is 11.2 Å². The van der Waals surface area contributed by atoms with Crippen molar-refractivity contribution in [2.24, 2.45) is 5.41 Å². The summed E-state index contributed by atoms with van der Waals surface area (Å²) in [5.41, 5.74) is -1.41. The highest BCUT2D eigenvalue weighted by atomic mass is 19.1. The molecule has 130 valence electrons. The monoisotopic (exact) mass is 335 g/mol. The molecule has 1 heterocycles. The van der Waals surface area contributed by atoms with E-state index in [1.165, 1.54) is 37.5 Å². The first kappa shape index (κ1) is 17.9. The first-order chi connectivity index (χ1) is 11.2. The summed E-state index contributed by atoms with van der Waals surface area (Å²) >= 11 is 0. The summed E-state index contributed by atoms with van der Waals surface area (Å²) in [6.07, 6.45) is 2.98. The second-order valence-corrected chi connectivity index (χ2v) is 6.67. The van der Waals surface area contributed by atoms with Crippen LogP contribution in [0.4, 0.5) is 4.39 Å². The van der Waals surface area contributed by atoms with Gasteiger partial charge < -0.3 is 9.47 Å². The van der Waals surface area contributed by atoms with E-state index in [1.54, 1.807) is 11.0 Å². The van der Waals surface area contributed by atoms with Gasteiger partial charge in [0.25, 0.3) is 0 Å². The molecule has 1 aromatic carbocycles. The number of halogens is 1. The Balaban J connectivity index is 2.28. The number of rotatable bonds is 6. The third-order valence-electron chi connectivity index (χ3n) is 3.88. The molecule has 0 saturated carbocycles. The normalized spacial score (nSPS) is 14.0. The van der Waals surface area contributed by atoms with Crippen LogP contribution in [0.5, 0.6) is 5.75 Å². The van der Waals surface area contributed by atoms with Gasteiger partial charge >= 0.3 is 5.97 Å². The summed E-state index contributed by atoms with van der Waals surface area (Å²) in [7, 11) is 0. The number of hydrogen-bond acceptors (Lipinski definition) is 5. The van der Waals surface area contributed by atoms with Gasteiger partial charge in [0.2, 0.25) is 0 Å².